The summed E-state index contributed by atoms with van der Waals surface area (Å²) < 4.78 is 27.2. The molecule has 2 aromatic carbocycles. The first-order valence-electron chi connectivity index (χ1n) is 13.4. The Morgan fingerprint density at radius 1 is 1.14 bits per heavy atom. The lowest BCUT2D eigenvalue weighted by molar-refractivity contribution is -0.211. The minimum Gasteiger partial charge on any atom is -0.394 e. The number of aromatic nitrogens is 3. The minimum atomic E-state index is -1.37. The number of hydrogen-bond donors (Lipinski definition) is 3. The summed E-state index contributed by atoms with van der Waals surface area (Å²) in [6.07, 6.45) is -1.78. The van der Waals surface area contributed by atoms with Gasteiger partial charge in [0.2, 0.25) is 0 Å². The van der Waals surface area contributed by atoms with E-state index in [0.717, 1.165) is 12.8 Å². The summed E-state index contributed by atoms with van der Waals surface area (Å²) >= 11 is 18.4. The molecule has 0 unspecified atom stereocenters. The summed E-state index contributed by atoms with van der Waals surface area (Å²) in [5.74, 6) is -1.22. The van der Waals surface area contributed by atoms with Crippen molar-refractivity contribution in [1.82, 2.24) is 15.0 Å². The lowest BCUT2D eigenvalue weighted by atomic mass is 9.88. The first kappa shape index (κ1) is 31.1. The molecule has 1 saturated carbocycles. The van der Waals surface area contributed by atoms with Crippen molar-refractivity contribution in [2.45, 2.75) is 68.3 Å². The Morgan fingerprint density at radius 2 is 1.86 bits per heavy atom. The highest BCUT2D eigenvalue weighted by Crippen LogP contribution is 2.37. The molecule has 0 bridgehead atoms. The number of methoxy groups -OCH3 is 1. The van der Waals surface area contributed by atoms with Gasteiger partial charge in [-0.15, -0.1) is 5.10 Å². The summed E-state index contributed by atoms with van der Waals surface area (Å²) in [6.45, 7) is -0.614. The summed E-state index contributed by atoms with van der Waals surface area (Å²) in [5, 5.41) is 41.1. The van der Waals surface area contributed by atoms with E-state index in [-0.39, 0.29) is 10.7 Å². The maximum Gasteiger partial charge on any atom is 0.259 e. The summed E-state index contributed by atoms with van der Waals surface area (Å²) in [7, 11) is 1.36. The second kappa shape index (κ2) is 13.1. The van der Waals surface area contributed by atoms with Crippen molar-refractivity contribution < 1.29 is 34.0 Å². The van der Waals surface area contributed by atoms with E-state index in [2.05, 4.69) is 10.3 Å². The lowest BCUT2D eigenvalue weighted by Crippen LogP contribution is -2.63. The molecule has 5 rings (SSSR count). The average Bonchev–Trinajstić information content (AvgIpc) is 3.44. The zero-order valence-corrected chi connectivity index (χ0v) is 24.8. The van der Waals surface area contributed by atoms with Gasteiger partial charge in [0.1, 0.15) is 35.9 Å². The number of carbonyl (C=O) groups is 1. The van der Waals surface area contributed by atoms with Crippen LogP contribution in [0.3, 0.4) is 0 Å². The maximum atomic E-state index is 14.4. The quantitative estimate of drug-likeness (QED) is 0.352. The fourth-order valence-electron chi connectivity index (χ4n) is 5.76. The molecule has 3 N–H and O–H groups in total. The first-order chi connectivity index (χ1) is 20.1. The standard InChI is InChI=1S/C28H30Cl3FN4O6/c1-41-26-24(35-12-20(33-34-35)14-6-7-18(31)19(32)8-14)25(39)23(13-37)42-27(26)28(40)36(21-4-2-3-5-22(21)38)17-10-15(29)9-16(30)11-17/h6-12,21-27,37-39H,2-5,13H2,1H3/t21-,22-,23+,24-,25-,26+,27+/m0/s1. The number of ether oxygens (including phenoxy) is 2. The van der Waals surface area contributed by atoms with Crippen LogP contribution in [0.2, 0.25) is 15.1 Å². The van der Waals surface area contributed by atoms with Gasteiger partial charge in [0.15, 0.2) is 6.10 Å². The van der Waals surface area contributed by atoms with Crippen LogP contribution in [0, 0.1) is 5.82 Å². The highest BCUT2D eigenvalue weighted by molar-refractivity contribution is 6.35. The van der Waals surface area contributed by atoms with Crippen molar-refractivity contribution in [3.05, 3.63) is 63.5 Å². The van der Waals surface area contributed by atoms with Crippen LogP contribution in [-0.4, -0.2) is 86.5 Å². The maximum absolute atomic E-state index is 14.4. The SMILES string of the molecule is CO[C@@H]1[C@@H](n2cc(-c3ccc(Cl)c(F)c3)nn2)[C@@H](O)[C@@H](CO)O[C@H]1C(=O)N(c1cc(Cl)cc(Cl)c1)[C@H]1CCCC[C@@H]1O. The second-order valence-corrected chi connectivity index (χ2v) is 11.7. The number of carbonyl (C=O) groups excluding carboxylic acids is 1. The molecule has 10 nitrogen and oxygen atoms in total. The third-order valence-corrected chi connectivity index (χ3v) is 8.55. The smallest absolute Gasteiger partial charge is 0.259 e. The van der Waals surface area contributed by atoms with Crippen LogP contribution in [0.25, 0.3) is 11.3 Å². The monoisotopic (exact) mass is 642 g/mol. The summed E-state index contributed by atoms with van der Waals surface area (Å²) in [4.78, 5) is 15.9. The number of benzene rings is 2. The Balaban J connectivity index is 1.54. The van der Waals surface area contributed by atoms with Crippen molar-refractivity contribution >= 4 is 46.4 Å². The Labute approximate surface area is 256 Å². The van der Waals surface area contributed by atoms with Gasteiger partial charge in [0.05, 0.1) is 30.0 Å². The normalized spacial score (nSPS) is 28.0. The molecule has 7 atom stereocenters. The van der Waals surface area contributed by atoms with Gasteiger partial charge >= 0.3 is 0 Å². The highest BCUT2D eigenvalue weighted by atomic mass is 35.5. The molecule has 0 radical (unpaired) electrons. The van der Waals surface area contributed by atoms with Gasteiger partial charge in [0, 0.05) is 28.4 Å². The largest absolute Gasteiger partial charge is 0.394 e. The molecule has 1 aromatic heterocycles. The van der Waals surface area contributed by atoms with Crippen molar-refractivity contribution in [3.8, 4) is 11.3 Å². The third kappa shape index (κ3) is 6.15. The molecule has 3 aromatic rings. The van der Waals surface area contributed by atoms with E-state index in [4.69, 9.17) is 44.3 Å². The zero-order chi connectivity index (χ0) is 30.1. The van der Waals surface area contributed by atoms with Crippen molar-refractivity contribution in [1.29, 1.82) is 0 Å². The van der Waals surface area contributed by atoms with E-state index in [9.17, 15) is 24.5 Å². The number of amides is 1. The number of aliphatic hydroxyl groups is 3. The highest BCUT2D eigenvalue weighted by Gasteiger charge is 2.52. The Kier molecular flexibility index (Phi) is 9.70. The molecular weight excluding hydrogens is 614 g/mol. The second-order valence-electron chi connectivity index (χ2n) is 10.4. The summed E-state index contributed by atoms with van der Waals surface area (Å²) in [6, 6.07) is 7.18. The van der Waals surface area contributed by atoms with Crippen molar-refractivity contribution in [2.24, 2.45) is 0 Å². The molecule has 2 aliphatic rings. The molecule has 2 fully saturated rings. The predicted molar refractivity (Wildman–Crippen MR) is 154 cm³/mol. The van der Waals surface area contributed by atoms with Crippen LogP contribution in [0.1, 0.15) is 31.7 Å². The van der Waals surface area contributed by atoms with E-state index >= 15 is 0 Å². The third-order valence-electron chi connectivity index (χ3n) is 7.80. The van der Waals surface area contributed by atoms with Gasteiger partial charge in [-0.2, -0.15) is 0 Å². The van der Waals surface area contributed by atoms with Gasteiger partial charge in [0.25, 0.3) is 5.91 Å². The van der Waals surface area contributed by atoms with Crippen molar-refractivity contribution in [2.75, 3.05) is 18.6 Å². The molecule has 14 heteroatoms. The Bertz CT molecular complexity index is 1410. The zero-order valence-electron chi connectivity index (χ0n) is 22.5. The van der Waals surface area contributed by atoms with Gasteiger partial charge in [-0.05, 0) is 43.2 Å². The average molecular weight is 644 g/mol. The lowest BCUT2D eigenvalue weighted by Gasteiger charge is -2.46. The number of nitrogens with zero attached hydrogens (tertiary/aromatic N) is 4. The fraction of sp³-hybridized carbons (Fsp3) is 0.464. The first-order valence-corrected chi connectivity index (χ1v) is 14.6. The topological polar surface area (TPSA) is 130 Å². The molecule has 0 spiro atoms. The van der Waals surface area contributed by atoms with Crippen LogP contribution in [0.4, 0.5) is 10.1 Å². The van der Waals surface area contributed by atoms with E-state index in [1.165, 1.54) is 41.1 Å². The predicted octanol–water partition coefficient (Wildman–Crippen LogP) is 4.06. The molecule has 1 aliphatic heterocycles. The van der Waals surface area contributed by atoms with Gasteiger partial charge in [-0.3, -0.25) is 4.79 Å². The molecule has 1 saturated heterocycles. The van der Waals surface area contributed by atoms with E-state index < -0.39 is 60.9 Å². The molecular formula is C28H30Cl3FN4O6. The van der Waals surface area contributed by atoms with E-state index in [0.29, 0.717) is 34.1 Å². The molecule has 42 heavy (non-hydrogen) atoms. The van der Waals surface area contributed by atoms with Gasteiger partial charge in [-0.1, -0.05) is 58.9 Å². The fourth-order valence-corrected chi connectivity index (χ4v) is 6.39. The van der Waals surface area contributed by atoms with E-state index in [1.807, 2.05) is 0 Å². The molecule has 226 valence electrons. The minimum absolute atomic E-state index is 0.0498. The van der Waals surface area contributed by atoms with E-state index in [1.54, 1.807) is 18.2 Å². The van der Waals surface area contributed by atoms with Crippen LogP contribution in [0.15, 0.2) is 42.6 Å². The molecule has 2 heterocycles. The van der Waals surface area contributed by atoms with Crippen LogP contribution in [-0.2, 0) is 14.3 Å². The number of aliphatic hydroxyl groups excluding tert-OH is 3. The summed E-state index contributed by atoms with van der Waals surface area (Å²) in [5.41, 5.74) is 1.03. The van der Waals surface area contributed by atoms with Crippen molar-refractivity contribution in [3.63, 3.8) is 0 Å². The van der Waals surface area contributed by atoms with Crippen LogP contribution >= 0.6 is 34.8 Å². The Morgan fingerprint density at radius 3 is 2.50 bits per heavy atom. The number of hydrogen-bond acceptors (Lipinski definition) is 8. The van der Waals surface area contributed by atoms with Gasteiger partial charge < -0.3 is 29.7 Å². The Hall–Kier alpha value is -2.35. The molecule has 1 amide bonds. The van der Waals surface area contributed by atoms with Gasteiger partial charge in [-0.25, -0.2) is 9.07 Å². The van der Waals surface area contributed by atoms with Crippen LogP contribution < -0.4 is 4.90 Å². The molecule has 1 aliphatic carbocycles. The number of halogens is 4. The number of anilines is 1. The number of rotatable bonds is 7. The van der Waals surface area contributed by atoms with Crippen LogP contribution in [0.5, 0.6) is 0 Å².